The van der Waals surface area contributed by atoms with Crippen LogP contribution in [0.25, 0.3) is 0 Å². The Morgan fingerprint density at radius 2 is 2.12 bits per heavy atom. The standard InChI is InChI=1S/C14H21N3/c1-9-3-4-11(7-9)14-16-10(2)12-5-6-15-8-13(12)17-14/h9,11,15H,3-8H2,1-2H3. The normalized spacial score (nSPS) is 28.1. The van der Waals surface area contributed by atoms with Crippen LogP contribution in [0.15, 0.2) is 0 Å². The van der Waals surface area contributed by atoms with Gasteiger partial charge < -0.3 is 5.32 Å². The summed E-state index contributed by atoms with van der Waals surface area (Å²) in [7, 11) is 0. The zero-order chi connectivity index (χ0) is 11.8. The lowest BCUT2D eigenvalue weighted by Gasteiger charge is -2.20. The Morgan fingerprint density at radius 1 is 1.24 bits per heavy atom. The van der Waals surface area contributed by atoms with Gasteiger partial charge >= 0.3 is 0 Å². The Balaban J connectivity index is 1.93. The third-order valence-electron chi connectivity index (χ3n) is 4.22. The van der Waals surface area contributed by atoms with Gasteiger partial charge in [0.25, 0.3) is 0 Å². The van der Waals surface area contributed by atoms with Crippen LogP contribution in [0.3, 0.4) is 0 Å². The first kappa shape index (κ1) is 11.1. The van der Waals surface area contributed by atoms with Gasteiger partial charge in [-0.1, -0.05) is 6.92 Å². The van der Waals surface area contributed by atoms with Gasteiger partial charge in [-0.05, 0) is 50.6 Å². The average Bonchev–Trinajstić information content (AvgIpc) is 2.76. The SMILES string of the molecule is Cc1nc(C2CCC(C)C2)nc2c1CCNC2. The molecular formula is C14H21N3. The van der Waals surface area contributed by atoms with Crippen LogP contribution in [0.4, 0.5) is 0 Å². The third kappa shape index (κ3) is 2.08. The van der Waals surface area contributed by atoms with Crippen molar-refractivity contribution in [1.82, 2.24) is 15.3 Å². The van der Waals surface area contributed by atoms with Crippen molar-refractivity contribution in [3.63, 3.8) is 0 Å². The van der Waals surface area contributed by atoms with Crippen LogP contribution in [-0.2, 0) is 13.0 Å². The second-order valence-electron chi connectivity index (χ2n) is 5.63. The predicted octanol–water partition coefficient (Wildman–Crippen LogP) is 2.33. The van der Waals surface area contributed by atoms with E-state index in [1.54, 1.807) is 0 Å². The summed E-state index contributed by atoms with van der Waals surface area (Å²) in [6, 6.07) is 0. The van der Waals surface area contributed by atoms with Gasteiger partial charge in [-0.2, -0.15) is 0 Å². The summed E-state index contributed by atoms with van der Waals surface area (Å²) in [6.07, 6.45) is 4.96. The monoisotopic (exact) mass is 231 g/mol. The van der Waals surface area contributed by atoms with Crippen molar-refractivity contribution < 1.29 is 0 Å². The average molecular weight is 231 g/mol. The van der Waals surface area contributed by atoms with Gasteiger partial charge in [0.15, 0.2) is 0 Å². The van der Waals surface area contributed by atoms with Crippen LogP contribution >= 0.6 is 0 Å². The van der Waals surface area contributed by atoms with E-state index >= 15 is 0 Å². The molecule has 3 heteroatoms. The molecule has 0 aromatic carbocycles. The van der Waals surface area contributed by atoms with Crippen LogP contribution in [0, 0.1) is 12.8 Å². The maximum Gasteiger partial charge on any atom is 0.132 e. The number of fused-ring (bicyclic) bond motifs is 1. The molecule has 1 aromatic rings. The molecule has 1 aliphatic heterocycles. The van der Waals surface area contributed by atoms with E-state index in [-0.39, 0.29) is 0 Å². The fourth-order valence-electron chi connectivity index (χ4n) is 3.19. The van der Waals surface area contributed by atoms with Gasteiger partial charge in [-0.3, -0.25) is 0 Å². The molecule has 0 spiro atoms. The number of hydrogen-bond donors (Lipinski definition) is 1. The molecule has 0 radical (unpaired) electrons. The number of rotatable bonds is 1. The maximum absolute atomic E-state index is 4.82. The number of nitrogens with zero attached hydrogens (tertiary/aromatic N) is 2. The predicted molar refractivity (Wildman–Crippen MR) is 67.9 cm³/mol. The highest BCUT2D eigenvalue weighted by Crippen LogP contribution is 2.36. The van der Waals surface area contributed by atoms with Crippen molar-refractivity contribution in [2.45, 2.75) is 52.0 Å². The fraction of sp³-hybridized carbons (Fsp3) is 0.714. The molecule has 1 saturated carbocycles. The minimum atomic E-state index is 0.607. The molecule has 2 atom stereocenters. The summed E-state index contributed by atoms with van der Waals surface area (Å²) in [5.41, 5.74) is 3.85. The van der Waals surface area contributed by atoms with E-state index in [0.29, 0.717) is 5.92 Å². The van der Waals surface area contributed by atoms with E-state index in [1.807, 2.05) is 0 Å². The summed E-state index contributed by atoms with van der Waals surface area (Å²) in [6.45, 7) is 6.48. The number of aryl methyl sites for hydroxylation is 1. The van der Waals surface area contributed by atoms with Crippen LogP contribution in [-0.4, -0.2) is 16.5 Å². The summed E-state index contributed by atoms with van der Waals surface area (Å²) in [5, 5.41) is 3.40. The van der Waals surface area contributed by atoms with Gasteiger partial charge in [0.2, 0.25) is 0 Å². The van der Waals surface area contributed by atoms with Crippen LogP contribution in [0.1, 0.15) is 54.9 Å². The van der Waals surface area contributed by atoms with Crippen molar-refractivity contribution in [3.05, 3.63) is 22.8 Å². The molecule has 2 heterocycles. The van der Waals surface area contributed by atoms with Crippen molar-refractivity contribution >= 4 is 0 Å². The summed E-state index contributed by atoms with van der Waals surface area (Å²) >= 11 is 0. The van der Waals surface area contributed by atoms with E-state index in [1.165, 1.54) is 36.2 Å². The molecule has 1 aliphatic carbocycles. The van der Waals surface area contributed by atoms with Gasteiger partial charge in [-0.25, -0.2) is 9.97 Å². The molecule has 3 nitrogen and oxygen atoms in total. The molecule has 2 unspecified atom stereocenters. The molecule has 0 amide bonds. The Bertz CT molecular complexity index is 428. The highest BCUT2D eigenvalue weighted by atomic mass is 15.0. The quantitative estimate of drug-likeness (QED) is 0.806. The topological polar surface area (TPSA) is 37.8 Å². The van der Waals surface area contributed by atoms with Crippen LogP contribution in [0.2, 0.25) is 0 Å². The Labute approximate surface area is 103 Å². The number of aromatic nitrogens is 2. The van der Waals surface area contributed by atoms with Gasteiger partial charge in [0.05, 0.1) is 5.69 Å². The number of nitrogens with one attached hydrogen (secondary N) is 1. The minimum absolute atomic E-state index is 0.607. The molecule has 0 bridgehead atoms. The first-order valence-corrected chi connectivity index (χ1v) is 6.81. The molecule has 17 heavy (non-hydrogen) atoms. The van der Waals surface area contributed by atoms with Crippen LogP contribution < -0.4 is 5.32 Å². The highest BCUT2D eigenvalue weighted by Gasteiger charge is 2.26. The van der Waals surface area contributed by atoms with Crippen molar-refractivity contribution in [2.75, 3.05) is 6.54 Å². The number of hydrogen-bond acceptors (Lipinski definition) is 3. The lowest BCUT2D eigenvalue weighted by Crippen LogP contribution is -2.27. The maximum atomic E-state index is 4.82. The Morgan fingerprint density at radius 3 is 2.88 bits per heavy atom. The zero-order valence-corrected chi connectivity index (χ0v) is 10.8. The molecular weight excluding hydrogens is 210 g/mol. The molecule has 3 rings (SSSR count). The van der Waals surface area contributed by atoms with E-state index in [9.17, 15) is 0 Å². The zero-order valence-electron chi connectivity index (χ0n) is 10.8. The van der Waals surface area contributed by atoms with Crippen molar-refractivity contribution in [2.24, 2.45) is 5.92 Å². The van der Waals surface area contributed by atoms with Crippen molar-refractivity contribution in [1.29, 1.82) is 0 Å². The fourth-order valence-corrected chi connectivity index (χ4v) is 3.19. The first-order valence-electron chi connectivity index (χ1n) is 6.81. The highest BCUT2D eigenvalue weighted by molar-refractivity contribution is 5.28. The molecule has 1 fully saturated rings. The van der Waals surface area contributed by atoms with E-state index < -0.39 is 0 Å². The lowest BCUT2D eigenvalue weighted by atomic mass is 10.0. The second-order valence-corrected chi connectivity index (χ2v) is 5.63. The molecule has 0 saturated heterocycles. The van der Waals surface area contributed by atoms with E-state index in [0.717, 1.165) is 31.3 Å². The van der Waals surface area contributed by atoms with Gasteiger partial charge in [-0.15, -0.1) is 0 Å². The van der Waals surface area contributed by atoms with Gasteiger partial charge in [0, 0.05) is 18.2 Å². The molecule has 1 N–H and O–H groups in total. The Kier molecular flexibility index (Phi) is 2.87. The van der Waals surface area contributed by atoms with Crippen LogP contribution in [0.5, 0.6) is 0 Å². The second kappa shape index (κ2) is 4.37. The van der Waals surface area contributed by atoms with Crippen molar-refractivity contribution in [3.8, 4) is 0 Å². The smallest absolute Gasteiger partial charge is 0.132 e. The minimum Gasteiger partial charge on any atom is -0.311 e. The molecule has 1 aromatic heterocycles. The first-order chi connectivity index (χ1) is 8.24. The summed E-state index contributed by atoms with van der Waals surface area (Å²) in [5.74, 6) is 2.56. The largest absolute Gasteiger partial charge is 0.311 e. The van der Waals surface area contributed by atoms with E-state index in [4.69, 9.17) is 9.97 Å². The third-order valence-corrected chi connectivity index (χ3v) is 4.22. The Hall–Kier alpha value is -0.960. The molecule has 92 valence electrons. The van der Waals surface area contributed by atoms with E-state index in [2.05, 4.69) is 19.2 Å². The summed E-state index contributed by atoms with van der Waals surface area (Å²) in [4.78, 5) is 9.58. The lowest BCUT2D eigenvalue weighted by molar-refractivity contribution is 0.568. The van der Waals surface area contributed by atoms with Gasteiger partial charge in [0.1, 0.15) is 5.82 Å². The molecule has 2 aliphatic rings. The summed E-state index contributed by atoms with van der Waals surface area (Å²) < 4.78 is 0.